The summed E-state index contributed by atoms with van der Waals surface area (Å²) in [4.78, 5) is 32.5. The molecule has 2 amide bonds. The maximum Gasteiger partial charge on any atom is 0.433 e. The zero-order chi connectivity index (χ0) is 27.3. The summed E-state index contributed by atoms with van der Waals surface area (Å²) in [5.41, 5.74) is 5.36. The number of amides is 2. The van der Waals surface area contributed by atoms with Crippen LogP contribution >= 0.6 is 11.6 Å². The molecular weight excluding hydrogens is 527 g/mol. The van der Waals surface area contributed by atoms with Gasteiger partial charge in [-0.3, -0.25) is 19.1 Å². The molecule has 0 unspecified atom stereocenters. The number of alkyl halides is 3. The predicted octanol–water partition coefficient (Wildman–Crippen LogP) is 3.12. The summed E-state index contributed by atoms with van der Waals surface area (Å²) < 4.78 is 41.5. The van der Waals surface area contributed by atoms with Crippen molar-refractivity contribution in [2.45, 2.75) is 19.0 Å². The van der Waals surface area contributed by atoms with Crippen LogP contribution in [-0.4, -0.2) is 56.0 Å². The first-order chi connectivity index (χ1) is 18.2. The van der Waals surface area contributed by atoms with Gasteiger partial charge in [0.1, 0.15) is 5.69 Å². The van der Waals surface area contributed by atoms with Crippen molar-refractivity contribution in [2.24, 2.45) is 5.73 Å². The second-order valence-electron chi connectivity index (χ2n) is 8.09. The highest BCUT2D eigenvalue weighted by Gasteiger charge is 2.36. The third-order valence-corrected chi connectivity index (χ3v) is 5.76. The molecule has 0 fully saturated rings. The Hall–Kier alpha value is -4.17. The third-order valence-electron chi connectivity index (χ3n) is 5.44. The average molecular weight is 550 g/mol. The van der Waals surface area contributed by atoms with Gasteiger partial charge in [-0.1, -0.05) is 11.6 Å². The van der Waals surface area contributed by atoms with Crippen molar-refractivity contribution in [1.29, 1.82) is 0 Å². The van der Waals surface area contributed by atoms with E-state index in [-0.39, 0.29) is 52.3 Å². The highest BCUT2D eigenvalue weighted by molar-refractivity contribution is 6.34. The quantitative estimate of drug-likeness (QED) is 0.190. The molecule has 15 heteroatoms. The van der Waals surface area contributed by atoms with Gasteiger partial charge in [-0.2, -0.15) is 18.3 Å². The number of aromatic nitrogens is 5. The fraction of sp³-hybridized carbons (Fsp3) is 0.261. The van der Waals surface area contributed by atoms with Crippen molar-refractivity contribution >= 4 is 40.6 Å². The molecule has 3 heterocycles. The number of hydrogen-bond acceptors (Lipinski definition) is 7. The van der Waals surface area contributed by atoms with E-state index in [0.29, 0.717) is 25.1 Å². The second kappa shape index (κ2) is 11.5. The van der Waals surface area contributed by atoms with Gasteiger partial charge in [0.25, 0.3) is 5.91 Å². The fourth-order valence-corrected chi connectivity index (χ4v) is 3.91. The van der Waals surface area contributed by atoms with E-state index in [1.807, 2.05) is 5.10 Å². The van der Waals surface area contributed by atoms with Crippen molar-refractivity contribution < 1.29 is 22.8 Å². The van der Waals surface area contributed by atoms with Crippen LogP contribution in [0.4, 0.5) is 24.7 Å². The van der Waals surface area contributed by atoms with Gasteiger partial charge in [0.05, 0.1) is 34.2 Å². The van der Waals surface area contributed by atoms with Gasteiger partial charge in [-0.05, 0) is 31.2 Å². The SMILES string of the molecule is NCCCC(=O)NCCNC(=O)c1ccc(Nc2nccn3c(-c4cn[nH]c4C(F)(F)F)cnc23)cc1Cl. The number of aromatic amines is 1. The van der Waals surface area contributed by atoms with Gasteiger partial charge in [-0.25, -0.2) is 9.97 Å². The number of nitrogens with one attached hydrogen (secondary N) is 4. The minimum Gasteiger partial charge on any atom is -0.354 e. The molecule has 38 heavy (non-hydrogen) atoms. The third kappa shape index (κ3) is 6.03. The van der Waals surface area contributed by atoms with E-state index in [0.717, 1.165) is 6.20 Å². The minimum atomic E-state index is -4.62. The number of imidazole rings is 1. The fourth-order valence-electron chi connectivity index (χ4n) is 3.64. The molecule has 0 aliphatic heterocycles. The molecule has 0 spiro atoms. The summed E-state index contributed by atoms with van der Waals surface area (Å²) in [6.07, 6.45) is 1.56. The monoisotopic (exact) mass is 549 g/mol. The highest BCUT2D eigenvalue weighted by Crippen LogP contribution is 2.36. The van der Waals surface area contributed by atoms with E-state index in [9.17, 15) is 22.8 Å². The van der Waals surface area contributed by atoms with E-state index < -0.39 is 17.8 Å². The smallest absolute Gasteiger partial charge is 0.354 e. The van der Waals surface area contributed by atoms with Gasteiger partial charge in [0.2, 0.25) is 5.91 Å². The van der Waals surface area contributed by atoms with Crippen molar-refractivity contribution in [3.05, 3.63) is 59.3 Å². The molecule has 11 nitrogen and oxygen atoms in total. The normalized spacial score (nSPS) is 11.5. The number of nitrogens with zero attached hydrogens (tertiary/aromatic N) is 4. The number of carbonyl (C=O) groups excluding carboxylic acids is 2. The summed E-state index contributed by atoms with van der Waals surface area (Å²) in [5.74, 6) is -0.303. The van der Waals surface area contributed by atoms with E-state index in [1.54, 1.807) is 6.07 Å². The van der Waals surface area contributed by atoms with Crippen LogP contribution in [0.25, 0.3) is 16.9 Å². The number of benzene rings is 1. The van der Waals surface area contributed by atoms with Gasteiger partial charge >= 0.3 is 6.18 Å². The van der Waals surface area contributed by atoms with Crippen LogP contribution in [0.1, 0.15) is 28.9 Å². The van der Waals surface area contributed by atoms with Crippen molar-refractivity contribution in [3.63, 3.8) is 0 Å². The molecule has 4 aromatic rings. The first-order valence-corrected chi connectivity index (χ1v) is 11.8. The number of fused-ring (bicyclic) bond motifs is 1. The van der Waals surface area contributed by atoms with E-state index >= 15 is 0 Å². The van der Waals surface area contributed by atoms with Crippen LogP contribution in [0.3, 0.4) is 0 Å². The van der Waals surface area contributed by atoms with Crippen LogP contribution in [0.15, 0.2) is 43.0 Å². The molecule has 4 rings (SSSR count). The van der Waals surface area contributed by atoms with Crippen LogP contribution < -0.4 is 21.7 Å². The Morgan fingerprint density at radius 1 is 1.13 bits per heavy atom. The minimum absolute atomic E-state index is 0.142. The molecular formula is C23H23ClF3N9O2. The lowest BCUT2D eigenvalue weighted by atomic mass is 10.2. The maximum atomic E-state index is 13.3. The lowest BCUT2D eigenvalue weighted by molar-refractivity contribution is -0.140. The lowest BCUT2D eigenvalue weighted by Crippen LogP contribution is -2.34. The van der Waals surface area contributed by atoms with Crippen molar-refractivity contribution in [1.82, 2.24) is 35.2 Å². The van der Waals surface area contributed by atoms with Crippen molar-refractivity contribution in [2.75, 3.05) is 25.0 Å². The Labute approximate surface area is 219 Å². The topological polar surface area (TPSA) is 155 Å². The van der Waals surface area contributed by atoms with Gasteiger partial charge in [0, 0.05) is 37.6 Å². The molecule has 0 aliphatic rings. The number of halogens is 4. The number of carbonyl (C=O) groups is 2. The van der Waals surface area contributed by atoms with Gasteiger partial charge in [-0.15, -0.1) is 0 Å². The van der Waals surface area contributed by atoms with E-state index in [1.165, 1.54) is 35.1 Å². The summed E-state index contributed by atoms with van der Waals surface area (Å²) >= 11 is 6.32. The second-order valence-corrected chi connectivity index (χ2v) is 8.49. The van der Waals surface area contributed by atoms with Crippen LogP contribution in [0.5, 0.6) is 0 Å². The Morgan fingerprint density at radius 3 is 2.66 bits per heavy atom. The zero-order valence-corrected chi connectivity index (χ0v) is 20.5. The van der Waals surface area contributed by atoms with E-state index in [4.69, 9.17) is 17.3 Å². The maximum absolute atomic E-state index is 13.3. The summed E-state index contributed by atoms with van der Waals surface area (Å²) in [7, 11) is 0. The largest absolute Gasteiger partial charge is 0.433 e. The number of rotatable bonds is 10. The van der Waals surface area contributed by atoms with E-state index in [2.05, 4.69) is 31.0 Å². The summed E-state index contributed by atoms with van der Waals surface area (Å²) in [6.45, 7) is 0.901. The van der Waals surface area contributed by atoms with Gasteiger partial charge in [0.15, 0.2) is 11.5 Å². The Kier molecular flexibility index (Phi) is 8.12. The van der Waals surface area contributed by atoms with Crippen LogP contribution in [-0.2, 0) is 11.0 Å². The summed E-state index contributed by atoms with van der Waals surface area (Å²) in [6, 6.07) is 4.62. The Bertz CT molecular complexity index is 1450. The molecule has 0 aliphatic carbocycles. The predicted molar refractivity (Wildman–Crippen MR) is 134 cm³/mol. The summed E-state index contributed by atoms with van der Waals surface area (Å²) in [5, 5.41) is 14.1. The van der Waals surface area contributed by atoms with Crippen LogP contribution in [0, 0.1) is 0 Å². The number of H-pyrrole nitrogens is 1. The molecule has 0 bridgehead atoms. The lowest BCUT2D eigenvalue weighted by Gasteiger charge is -2.11. The Balaban J connectivity index is 1.45. The Morgan fingerprint density at radius 2 is 1.92 bits per heavy atom. The van der Waals surface area contributed by atoms with Crippen molar-refractivity contribution in [3.8, 4) is 11.3 Å². The first-order valence-electron chi connectivity index (χ1n) is 11.4. The molecule has 0 saturated carbocycles. The molecule has 3 aromatic heterocycles. The first kappa shape index (κ1) is 26.9. The highest BCUT2D eigenvalue weighted by atomic mass is 35.5. The van der Waals surface area contributed by atoms with Gasteiger partial charge < -0.3 is 21.7 Å². The zero-order valence-electron chi connectivity index (χ0n) is 19.8. The number of anilines is 2. The molecule has 6 N–H and O–H groups in total. The molecule has 0 saturated heterocycles. The molecule has 200 valence electrons. The molecule has 0 atom stereocenters. The standard InChI is InChI=1S/C23H23ClF3N9O2/c24-16-10-13(3-4-14(16)22(38)31-7-6-29-18(37)2-1-5-28)34-20-21-32-12-17(36(21)9-8-30-20)15-11-33-35-19(15)23(25,26)27/h3-4,8-12H,1-2,5-7,28H2,(H,29,37)(H,30,34)(H,31,38)(H,33,35). The molecule has 0 radical (unpaired) electrons. The van der Waals surface area contributed by atoms with Crippen LogP contribution in [0.2, 0.25) is 5.02 Å². The number of nitrogens with two attached hydrogens (primary N) is 1. The average Bonchev–Trinajstić information content (AvgIpc) is 3.53. The molecule has 1 aromatic carbocycles. The number of hydrogen-bond donors (Lipinski definition) is 5.